The zero-order chi connectivity index (χ0) is 21.1. The molecule has 1 N–H and O–H groups in total. The Labute approximate surface area is 174 Å². The molecule has 0 aliphatic carbocycles. The molecule has 1 aromatic heterocycles. The maximum Gasteiger partial charge on any atom is 0.159 e. The monoisotopic (exact) mass is 407 g/mol. The fraction of sp³-hybridized carbons (Fsp3) is 0.250. The van der Waals surface area contributed by atoms with Crippen molar-refractivity contribution in [1.82, 2.24) is 4.98 Å². The third-order valence-corrected chi connectivity index (χ3v) is 5.48. The summed E-state index contributed by atoms with van der Waals surface area (Å²) >= 11 is 0. The fourth-order valence-corrected chi connectivity index (χ4v) is 3.89. The summed E-state index contributed by atoms with van der Waals surface area (Å²) in [4.78, 5) is 17.6. The molecule has 4 rings (SSSR count). The van der Waals surface area contributed by atoms with E-state index in [-0.39, 0.29) is 6.04 Å². The number of carbonyl (C=O) groups is 1. The first-order valence-electron chi connectivity index (χ1n) is 10.0. The normalized spacial score (nSPS) is 14.2. The summed E-state index contributed by atoms with van der Waals surface area (Å²) < 4.78 is 27.0. The van der Waals surface area contributed by atoms with Crippen molar-refractivity contribution in [2.45, 2.75) is 32.4 Å². The average molecular weight is 407 g/mol. The van der Waals surface area contributed by atoms with E-state index in [9.17, 15) is 13.6 Å². The number of aryl methyl sites for hydroxylation is 1. The second kappa shape index (κ2) is 8.61. The number of hydrogen-bond acceptors (Lipinski definition) is 4. The van der Waals surface area contributed by atoms with Crippen LogP contribution in [-0.4, -0.2) is 17.8 Å². The van der Waals surface area contributed by atoms with Crippen molar-refractivity contribution in [3.63, 3.8) is 0 Å². The van der Waals surface area contributed by atoms with Crippen molar-refractivity contribution in [1.29, 1.82) is 0 Å². The number of aldehydes is 1. The van der Waals surface area contributed by atoms with Gasteiger partial charge < -0.3 is 10.2 Å². The van der Waals surface area contributed by atoms with Gasteiger partial charge in [0.15, 0.2) is 11.6 Å². The molecule has 0 radical (unpaired) electrons. The van der Waals surface area contributed by atoms with E-state index in [0.29, 0.717) is 17.7 Å². The summed E-state index contributed by atoms with van der Waals surface area (Å²) in [6.07, 6.45) is 4.56. The van der Waals surface area contributed by atoms with Crippen LogP contribution in [0.4, 0.5) is 20.3 Å². The van der Waals surface area contributed by atoms with Crippen LogP contribution < -0.4 is 10.2 Å². The van der Waals surface area contributed by atoms with Crippen molar-refractivity contribution >= 4 is 17.8 Å². The van der Waals surface area contributed by atoms with Crippen LogP contribution in [0.15, 0.2) is 54.7 Å². The van der Waals surface area contributed by atoms with Crippen LogP contribution in [0.25, 0.3) is 0 Å². The maximum atomic E-state index is 13.7. The van der Waals surface area contributed by atoms with Gasteiger partial charge in [0.25, 0.3) is 0 Å². The molecule has 1 aliphatic rings. The van der Waals surface area contributed by atoms with Gasteiger partial charge in [-0.3, -0.25) is 4.79 Å². The molecule has 1 unspecified atom stereocenters. The van der Waals surface area contributed by atoms with Gasteiger partial charge in [-0.25, -0.2) is 13.8 Å². The molecule has 0 spiro atoms. The largest absolute Gasteiger partial charge is 0.364 e. The second-order valence-electron chi connectivity index (χ2n) is 7.59. The number of halogens is 2. The summed E-state index contributed by atoms with van der Waals surface area (Å²) in [5.41, 5.74) is 4.59. The highest BCUT2D eigenvalue weighted by atomic mass is 19.2. The molecule has 154 valence electrons. The molecule has 1 aliphatic heterocycles. The van der Waals surface area contributed by atoms with Gasteiger partial charge in [-0.1, -0.05) is 30.3 Å². The predicted molar refractivity (Wildman–Crippen MR) is 114 cm³/mol. The van der Waals surface area contributed by atoms with Crippen molar-refractivity contribution < 1.29 is 13.6 Å². The summed E-state index contributed by atoms with van der Waals surface area (Å²) in [5.74, 6) is -0.903. The Hall–Kier alpha value is -3.28. The van der Waals surface area contributed by atoms with Crippen molar-refractivity contribution in [2.24, 2.45) is 0 Å². The highest BCUT2D eigenvalue weighted by molar-refractivity contribution is 5.75. The minimum Gasteiger partial charge on any atom is -0.364 e. The Morgan fingerprint density at radius 1 is 1.13 bits per heavy atom. The van der Waals surface area contributed by atoms with Gasteiger partial charge in [0.1, 0.15) is 12.1 Å². The van der Waals surface area contributed by atoms with Gasteiger partial charge in [-0.15, -0.1) is 0 Å². The predicted octanol–water partition coefficient (Wildman–Crippen LogP) is 5.30. The van der Waals surface area contributed by atoms with Crippen LogP contribution in [0, 0.1) is 11.6 Å². The molecule has 2 aromatic carbocycles. The first-order chi connectivity index (χ1) is 14.5. The number of nitrogens with one attached hydrogen (secondary N) is 1. The number of anilines is 2. The molecule has 0 saturated heterocycles. The third kappa shape index (κ3) is 4.17. The van der Waals surface area contributed by atoms with Gasteiger partial charge >= 0.3 is 0 Å². The maximum absolute atomic E-state index is 13.7. The molecule has 0 fully saturated rings. The Bertz CT molecular complexity index is 1050. The second-order valence-corrected chi connectivity index (χ2v) is 7.59. The summed E-state index contributed by atoms with van der Waals surface area (Å²) in [6, 6.07) is 13.5. The first kappa shape index (κ1) is 20.0. The Balaban J connectivity index is 1.60. The van der Waals surface area contributed by atoms with Gasteiger partial charge in [-0.2, -0.15) is 0 Å². The van der Waals surface area contributed by atoms with Crippen molar-refractivity contribution in [2.75, 3.05) is 16.8 Å². The molecule has 2 heterocycles. The van der Waals surface area contributed by atoms with Crippen LogP contribution in [0.3, 0.4) is 0 Å². The van der Waals surface area contributed by atoms with Crippen molar-refractivity contribution in [3.8, 4) is 0 Å². The van der Waals surface area contributed by atoms with Crippen LogP contribution in [-0.2, 0) is 13.0 Å². The molecule has 0 amide bonds. The minimum absolute atomic E-state index is 0.0169. The van der Waals surface area contributed by atoms with Gasteiger partial charge in [0.2, 0.25) is 0 Å². The molecule has 4 nitrogen and oxygen atoms in total. The Kier molecular flexibility index (Phi) is 5.74. The molecule has 3 aromatic rings. The minimum atomic E-state index is -0.837. The Morgan fingerprint density at radius 2 is 1.93 bits per heavy atom. The first-order valence-corrected chi connectivity index (χ1v) is 10.0. The quantitative estimate of drug-likeness (QED) is 0.564. The van der Waals surface area contributed by atoms with Crippen LogP contribution >= 0.6 is 0 Å². The van der Waals surface area contributed by atoms with E-state index < -0.39 is 11.6 Å². The van der Waals surface area contributed by atoms with Crippen LogP contribution in [0.1, 0.15) is 46.4 Å². The zero-order valence-corrected chi connectivity index (χ0v) is 16.7. The van der Waals surface area contributed by atoms with Crippen molar-refractivity contribution in [3.05, 3.63) is 88.6 Å². The van der Waals surface area contributed by atoms with Crippen LogP contribution in [0.5, 0.6) is 0 Å². The SMILES string of the molecule is CC(Nc1nccc2c1N(Cc1ccc(F)c(F)c1)CCC2)c1ccc(C=O)cc1. The number of hydrogen-bond donors (Lipinski definition) is 1. The Morgan fingerprint density at radius 3 is 2.67 bits per heavy atom. The van der Waals surface area contributed by atoms with E-state index in [1.807, 2.05) is 25.1 Å². The molecule has 30 heavy (non-hydrogen) atoms. The number of rotatable bonds is 6. The lowest BCUT2D eigenvalue weighted by Crippen LogP contribution is -2.30. The van der Waals surface area contributed by atoms with E-state index in [1.54, 1.807) is 24.4 Å². The average Bonchev–Trinajstić information content (AvgIpc) is 2.76. The van der Waals surface area contributed by atoms with Crippen LogP contribution in [0.2, 0.25) is 0 Å². The molecular weight excluding hydrogens is 384 g/mol. The number of carbonyl (C=O) groups excluding carboxylic acids is 1. The summed E-state index contributed by atoms with van der Waals surface area (Å²) in [5, 5.41) is 3.48. The highest BCUT2D eigenvalue weighted by Crippen LogP contribution is 2.35. The van der Waals surface area contributed by atoms with E-state index in [4.69, 9.17) is 0 Å². The lowest BCUT2D eigenvalue weighted by molar-refractivity contribution is 0.112. The summed E-state index contributed by atoms with van der Waals surface area (Å²) in [6.45, 7) is 3.33. The van der Waals surface area contributed by atoms with Gasteiger partial charge in [-0.05, 0) is 54.7 Å². The molecule has 6 heteroatoms. The molecule has 0 bridgehead atoms. The van der Waals surface area contributed by atoms with Gasteiger partial charge in [0.05, 0.1) is 11.7 Å². The number of nitrogens with zero attached hydrogens (tertiary/aromatic N) is 2. The lowest BCUT2D eigenvalue weighted by atomic mass is 10.0. The lowest BCUT2D eigenvalue weighted by Gasteiger charge is -2.33. The number of fused-ring (bicyclic) bond motifs is 1. The van der Waals surface area contributed by atoms with E-state index in [2.05, 4.69) is 15.2 Å². The number of benzene rings is 2. The molecule has 1 atom stereocenters. The highest BCUT2D eigenvalue weighted by Gasteiger charge is 2.23. The van der Waals surface area contributed by atoms with E-state index in [0.717, 1.165) is 42.7 Å². The smallest absolute Gasteiger partial charge is 0.159 e. The standard InChI is InChI=1S/C24H23F2N3O/c1-16(19-7-4-17(15-30)5-8-19)28-24-23-20(10-11-27-24)3-2-12-29(23)14-18-6-9-21(25)22(26)13-18/h4-11,13,15-16H,2-3,12,14H2,1H3,(H,27,28). The number of pyridine rings is 1. The molecule has 0 saturated carbocycles. The van der Waals surface area contributed by atoms with Gasteiger partial charge in [0, 0.05) is 24.8 Å². The van der Waals surface area contributed by atoms with E-state index in [1.165, 1.54) is 17.7 Å². The fourth-order valence-electron chi connectivity index (χ4n) is 3.89. The molecular formula is C24H23F2N3O. The van der Waals surface area contributed by atoms with E-state index >= 15 is 0 Å². The topological polar surface area (TPSA) is 45.2 Å². The summed E-state index contributed by atoms with van der Waals surface area (Å²) in [7, 11) is 0. The zero-order valence-electron chi connectivity index (χ0n) is 16.7. The number of aromatic nitrogens is 1. The third-order valence-electron chi connectivity index (χ3n) is 5.48.